The summed E-state index contributed by atoms with van der Waals surface area (Å²) >= 11 is 0. The van der Waals surface area contributed by atoms with Crippen molar-refractivity contribution in [2.75, 3.05) is 25.6 Å². The van der Waals surface area contributed by atoms with Crippen molar-refractivity contribution in [2.24, 2.45) is 0 Å². The second-order valence-corrected chi connectivity index (χ2v) is 6.11. The molecule has 2 rings (SSSR count). The van der Waals surface area contributed by atoms with E-state index in [0.717, 1.165) is 6.07 Å². The van der Waals surface area contributed by atoms with E-state index in [0.29, 0.717) is 11.3 Å². The Labute approximate surface area is 171 Å². The summed E-state index contributed by atoms with van der Waals surface area (Å²) < 4.78 is 14.8. The van der Waals surface area contributed by atoms with Crippen LogP contribution in [0.5, 0.6) is 5.75 Å². The molecule has 2 N–H and O–H groups in total. The number of aromatic nitrogens is 1. The van der Waals surface area contributed by atoms with E-state index >= 15 is 0 Å². The minimum absolute atomic E-state index is 0.0128. The zero-order chi connectivity index (χ0) is 22.4. The Bertz CT molecular complexity index is 996. The monoisotopic (exact) mass is 419 g/mol. The molecule has 1 amide bonds. The van der Waals surface area contributed by atoms with Gasteiger partial charge in [0.15, 0.2) is 6.61 Å². The van der Waals surface area contributed by atoms with E-state index < -0.39 is 29.4 Å². The quantitative estimate of drug-likeness (QED) is 0.376. The van der Waals surface area contributed by atoms with Crippen LogP contribution < -0.4 is 10.1 Å². The SMILES string of the molecule is CCOC(=O)c1c(C)[nH]c(C(=O)OCC(=O)Nc2ccc(OC)cc2[N+](=O)[O-])c1C. The summed E-state index contributed by atoms with van der Waals surface area (Å²) in [4.78, 5) is 49.7. The van der Waals surface area contributed by atoms with Crippen molar-refractivity contribution >= 4 is 29.2 Å². The molecule has 0 fully saturated rings. The van der Waals surface area contributed by atoms with Gasteiger partial charge >= 0.3 is 11.9 Å². The van der Waals surface area contributed by atoms with E-state index in [1.54, 1.807) is 20.8 Å². The maximum absolute atomic E-state index is 12.3. The molecule has 0 aliphatic rings. The van der Waals surface area contributed by atoms with Crippen molar-refractivity contribution < 1.29 is 33.5 Å². The van der Waals surface area contributed by atoms with Crippen molar-refractivity contribution in [1.29, 1.82) is 0 Å². The average molecular weight is 419 g/mol. The fourth-order valence-electron chi connectivity index (χ4n) is 2.75. The van der Waals surface area contributed by atoms with Gasteiger partial charge in [0.2, 0.25) is 0 Å². The molecule has 1 aromatic heterocycles. The van der Waals surface area contributed by atoms with Gasteiger partial charge in [0.1, 0.15) is 17.1 Å². The molecule has 1 heterocycles. The summed E-state index contributed by atoms with van der Waals surface area (Å²) in [7, 11) is 1.36. The Morgan fingerprint density at radius 2 is 1.87 bits per heavy atom. The highest BCUT2D eigenvalue weighted by Gasteiger charge is 2.24. The molecule has 0 bridgehead atoms. The molecule has 0 unspecified atom stereocenters. The maximum atomic E-state index is 12.3. The number of nitrogens with one attached hydrogen (secondary N) is 2. The van der Waals surface area contributed by atoms with Crippen LogP contribution in [-0.4, -0.2) is 48.1 Å². The first kappa shape index (κ1) is 22.4. The van der Waals surface area contributed by atoms with E-state index in [1.165, 1.54) is 19.2 Å². The van der Waals surface area contributed by atoms with E-state index in [2.05, 4.69) is 10.3 Å². The molecule has 0 saturated carbocycles. The van der Waals surface area contributed by atoms with Crippen LogP contribution in [0, 0.1) is 24.0 Å². The van der Waals surface area contributed by atoms with Gasteiger partial charge in [0.05, 0.1) is 30.3 Å². The fourth-order valence-corrected chi connectivity index (χ4v) is 2.75. The molecule has 0 spiro atoms. The topological polar surface area (TPSA) is 150 Å². The van der Waals surface area contributed by atoms with E-state index in [4.69, 9.17) is 14.2 Å². The van der Waals surface area contributed by atoms with Gasteiger partial charge in [-0.15, -0.1) is 0 Å². The third kappa shape index (κ3) is 4.93. The predicted octanol–water partition coefficient (Wildman–Crippen LogP) is 2.52. The van der Waals surface area contributed by atoms with Crippen molar-refractivity contribution in [3.63, 3.8) is 0 Å². The van der Waals surface area contributed by atoms with Crippen LogP contribution in [0.4, 0.5) is 11.4 Å². The normalized spacial score (nSPS) is 10.3. The zero-order valence-corrected chi connectivity index (χ0v) is 16.9. The molecular weight excluding hydrogens is 398 g/mol. The molecular formula is C19H21N3O8. The number of nitro groups is 1. The number of ether oxygens (including phenoxy) is 3. The minimum atomic E-state index is -0.856. The third-order valence-corrected chi connectivity index (χ3v) is 4.13. The standard InChI is InChI=1S/C19H21N3O8/c1-5-29-18(24)16-10(2)17(20-11(16)3)19(25)30-9-15(23)21-13-7-6-12(28-4)8-14(13)22(26)27/h6-8,20H,5,9H2,1-4H3,(H,21,23). The van der Waals surface area contributed by atoms with Gasteiger partial charge in [-0.1, -0.05) is 0 Å². The van der Waals surface area contributed by atoms with Crippen LogP contribution in [0.25, 0.3) is 0 Å². The number of H-pyrrole nitrogens is 1. The van der Waals surface area contributed by atoms with Crippen molar-refractivity contribution in [2.45, 2.75) is 20.8 Å². The number of nitrogens with zero attached hydrogens (tertiary/aromatic N) is 1. The highest BCUT2D eigenvalue weighted by Crippen LogP contribution is 2.29. The van der Waals surface area contributed by atoms with Crippen LogP contribution in [0.1, 0.15) is 39.0 Å². The molecule has 11 heteroatoms. The van der Waals surface area contributed by atoms with Crippen LogP contribution in [-0.2, 0) is 14.3 Å². The molecule has 0 radical (unpaired) electrons. The number of aryl methyl sites for hydroxylation is 1. The molecule has 160 valence electrons. The number of anilines is 1. The molecule has 2 aromatic rings. The number of rotatable bonds is 8. The molecule has 0 aliphatic heterocycles. The van der Waals surface area contributed by atoms with Crippen LogP contribution in [0.2, 0.25) is 0 Å². The largest absolute Gasteiger partial charge is 0.496 e. The van der Waals surface area contributed by atoms with E-state index in [-0.39, 0.29) is 35.0 Å². The van der Waals surface area contributed by atoms with Gasteiger partial charge < -0.3 is 24.5 Å². The van der Waals surface area contributed by atoms with Gasteiger partial charge in [-0.05, 0) is 38.5 Å². The first-order chi connectivity index (χ1) is 14.2. The Morgan fingerprint density at radius 1 is 1.17 bits per heavy atom. The predicted molar refractivity (Wildman–Crippen MR) is 105 cm³/mol. The smallest absolute Gasteiger partial charge is 0.355 e. The molecule has 11 nitrogen and oxygen atoms in total. The minimum Gasteiger partial charge on any atom is -0.496 e. The lowest BCUT2D eigenvalue weighted by Crippen LogP contribution is -2.22. The second-order valence-electron chi connectivity index (χ2n) is 6.11. The lowest BCUT2D eigenvalue weighted by atomic mass is 10.1. The third-order valence-electron chi connectivity index (χ3n) is 4.13. The lowest BCUT2D eigenvalue weighted by Gasteiger charge is -2.08. The van der Waals surface area contributed by atoms with Gasteiger partial charge in [-0.25, -0.2) is 9.59 Å². The van der Waals surface area contributed by atoms with Crippen molar-refractivity contribution in [3.05, 3.63) is 50.8 Å². The Morgan fingerprint density at radius 3 is 2.47 bits per heavy atom. The number of nitro benzene ring substituents is 1. The number of carbonyl (C=O) groups is 3. The highest BCUT2D eigenvalue weighted by atomic mass is 16.6. The van der Waals surface area contributed by atoms with Crippen molar-refractivity contribution in [1.82, 2.24) is 4.98 Å². The first-order valence-electron chi connectivity index (χ1n) is 8.85. The van der Waals surface area contributed by atoms with Gasteiger partial charge in [0, 0.05) is 5.69 Å². The lowest BCUT2D eigenvalue weighted by molar-refractivity contribution is -0.384. The maximum Gasteiger partial charge on any atom is 0.355 e. The summed E-state index contributed by atoms with van der Waals surface area (Å²) in [6.07, 6.45) is 0. The summed E-state index contributed by atoms with van der Waals surface area (Å²) in [5.74, 6) is -1.96. The number of hydrogen-bond acceptors (Lipinski definition) is 8. The fraction of sp³-hybridized carbons (Fsp3) is 0.316. The Balaban J connectivity index is 2.07. The number of benzene rings is 1. The number of hydrogen-bond donors (Lipinski definition) is 2. The first-order valence-corrected chi connectivity index (χ1v) is 8.85. The number of aromatic amines is 1. The zero-order valence-electron chi connectivity index (χ0n) is 16.9. The van der Waals surface area contributed by atoms with Gasteiger partial charge in [0.25, 0.3) is 11.6 Å². The average Bonchev–Trinajstić information content (AvgIpc) is 3.00. The second kappa shape index (κ2) is 9.54. The van der Waals surface area contributed by atoms with Crippen LogP contribution in [0.3, 0.4) is 0 Å². The Kier molecular flexibility index (Phi) is 7.13. The van der Waals surface area contributed by atoms with E-state index in [9.17, 15) is 24.5 Å². The van der Waals surface area contributed by atoms with Gasteiger partial charge in [-0.2, -0.15) is 0 Å². The van der Waals surface area contributed by atoms with Crippen molar-refractivity contribution in [3.8, 4) is 5.75 Å². The summed E-state index contributed by atoms with van der Waals surface area (Å²) in [5.41, 5.74) is 0.557. The molecule has 1 aromatic carbocycles. The summed E-state index contributed by atoms with van der Waals surface area (Å²) in [6.45, 7) is 4.31. The summed E-state index contributed by atoms with van der Waals surface area (Å²) in [6, 6.07) is 3.90. The number of carbonyl (C=O) groups excluding carboxylic acids is 3. The van der Waals surface area contributed by atoms with Crippen LogP contribution in [0.15, 0.2) is 18.2 Å². The molecule has 0 atom stereocenters. The Hall–Kier alpha value is -3.89. The molecule has 0 aliphatic carbocycles. The molecule has 30 heavy (non-hydrogen) atoms. The summed E-state index contributed by atoms with van der Waals surface area (Å²) in [5, 5.41) is 13.5. The number of amides is 1. The number of esters is 2. The highest BCUT2D eigenvalue weighted by molar-refractivity contribution is 6.00. The van der Waals surface area contributed by atoms with Crippen LogP contribution >= 0.6 is 0 Å². The van der Waals surface area contributed by atoms with Gasteiger partial charge in [-0.3, -0.25) is 14.9 Å². The molecule has 0 saturated heterocycles. The van der Waals surface area contributed by atoms with E-state index in [1.807, 2.05) is 0 Å². The number of methoxy groups -OCH3 is 1.